The van der Waals surface area contributed by atoms with Gasteiger partial charge >= 0.3 is 6.18 Å². The number of halogens is 3. The van der Waals surface area contributed by atoms with E-state index in [0.29, 0.717) is 5.69 Å². The highest BCUT2D eigenvalue weighted by molar-refractivity contribution is 7.10. The SMILES string of the molecule is CNc1cc(C(F)(F)F)cc(-c2ccsc2C)n1. The van der Waals surface area contributed by atoms with Crippen LogP contribution < -0.4 is 5.32 Å². The van der Waals surface area contributed by atoms with Gasteiger partial charge in [-0.1, -0.05) is 0 Å². The van der Waals surface area contributed by atoms with Crippen LogP contribution in [0.4, 0.5) is 19.0 Å². The van der Waals surface area contributed by atoms with Gasteiger partial charge in [0.2, 0.25) is 0 Å². The Labute approximate surface area is 106 Å². The van der Waals surface area contributed by atoms with Crippen molar-refractivity contribution in [3.05, 3.63) is 34.0 Å². The van der Waals surface area contributed by atoms with Crippen molar-refractivity contribution in [2.24, 2.45) is 0 Å². The molecular formula is C12H11F3N2S. The molecule has 0 fully saturated rings. The van der Waals surface area contributed by atoms with Gasteiger partial charge in [0.05, 0.1) is 11.3 Å². The lowest BCUT2D eigenvalue weighted by Crippen LogP contribution is -2.07. The highest BCUT2D eigenvalue weighted by Crippen LogP contribution is 2.34. The summed E-state index contributed by atoms with van der Waals surface area (Å²) in [5, 5.41) is 4.49. The molecule has 0 aliphatic carbocycles. The Morgan fingerprint density at radius 2 is 2.00 bits per heavy atom. The van der Waals surface area contributed by atoms with Gasteiger partial charge in [0, 0.05) is 17.5 Å². The minimum atomic E-state index is -4.37. The summed E-state index contributed by atoms with van der Waals surface area (Å²) in [6, 6.07) is 3.86. The lowest BCUT2D eigenvalue weighted by molar-refractivity contribution is -0.137. The van der Waals surface area contributed by atoms with Crippen LogP contribution in [0.2, 0.25) is 0 Å². The maximum atomic E-state index is 12.8. The first-order valence-corrected chi connectivity index (χ1v) is 6.11. The Bertz CT molecular complexity index is 561. The molecule has 0 saturated heterocycles. The summed E-state index contributed by atoms with van der Waals surface area (Å²) in [7, 11) is 1.55. The first-order valence-electron chi connectivity index (χ1n) is 5.23. The minimum Gasteiger partial charge on any atom is -0.373 e. The van der Waals surface area contributed by atoms with E-state index in [0.717, 1.165) is 22.6 Å². The van der Waals surface area contributed by atoms with Crippen LogP contribution in [0.25, 0.3) is 11.3 Å². The Hall–Kier alpha value is -1.56. The van der Waals surface area contributed by atoms with E-state index in [1.165, 1.54) is 11.3 Å². The third-order valence-electron chi connectivity index (χ3n) is 2.54. The van der Waals surface area contributed by atoms with E-state index < -0.39 is 11.7 Å². The second-order valence-corrected chi connectivity index (χ2v) is 4.88. The summed E-state index contributed by atoms with van der Waals surface area (Å²) in [6.45, 7) is 1.86. The molecule has 0 amide bonds. The maximum Gasteiger partial charge on any atom is 0.416 e. The Morgan fingerprint density at radius 1 is 1.28 bits per heavy atom. The van der Waals surface area contributed by atoms with Crippen LogP contribution in [0.5, 0.6) is 0 Å². The second-order valence-electron chi connectivity index (χ2n) is 3.76. The lowest BCUT2D eigenvalue weighted by atomic mass is 10.1. The number of aryl methyl sites for hydroxylation is 1. The average Bonchev–Trinajstić information content (AvgIpc) is 2.73. The summed E-state index contributed by atoms with van der Waals surface area (Å²) < 4.78 is 38.3. The van der Waals surface area contributed by atoms with Crippen molar-refractivity contribution in [2.75, 3.05) is 12.4 Å². The van der Waals surface area contributed by atoms with Crippen molar-refractivity contribution in [1.82, 2.24) is 4.98 Å². The molecule has 0 aliphatic rings. The number of aromatic nitrogens is 1. The van der Waals surface area contributed by atoms with Crippen LogP contribution >= 0.6 is 11.3 Å². The van der Waals surface area contributed by atoms with E-state index in [-0.39, 0.29) is 5.82 Å². The maximum absolute atomic E-state index is 12.8. The largest absolute Gasteiger partial charge is 0.416 e. The monoisotopic (exact) mass is 272 g/mol. The molecule has 2 aromatic heterocycles. The fraction of sp³-hybridized carbons (Fsp3) is 0.250. The second kappa shape index (κ2) is 4.61. The van der Waals surface area contributed by atoms with Crippen LogP contribution in [-0.2, 0) is 6.18 Å². The van der Waals surface area contributed by atoms with E-state index in [2.05, 4.69) is 10.3 Å². The van der Waals surface area contributed by atoms with Gasteiger partial charge in [-0.25, -0.2) is 4.98 Å². The Balaban J connectivity index is 2.58. The molecule has 2 aromatic rings. The fourth-order valence-electron chi connectivity index (χ4n) is 1.61. The van der Waals surface area contributed by atoms with Gasteiger partial charge in [-0.15, -0.1) is 11.3 Å². The quantitative estimate of drug-likeness (QED) is 0.887. The zero-order valence-electron chi connectivity index (χ0n) is 9.80. The van der Waals surface area contributed by atoms with Gasteiger partial charge in [0.15, 0.2) is 0 Å². The van der Waals surface area contributed by atoms with E-state index in [4.69, 9.17) is 0 Å². The van der Waals surface area contributed by atoms with Crippen LogP contribution in [0.3, 0.4) is 0 Å². The number of rotatable bonds is 2. The molecule has 2 rings (SSSR count). The molecule has 18 heavy (non-hydrogen) atoms. The lowest BCUT2D eigenvalue weighted by Gasteiger charge is -2.11. The molecule has 1 N–H and O–H groups in total. The van der Waals surface area contributed by atoms with E-state index >= 15 is 0 Å². The summed E-state index contributed by atoms with van der Waals surface area (Å²) >= 11 is 1.48. The molecule has 2 heterocycles. The molecule has 6 heteroatoms. The smallest absolute Gasteiger partial charge is 0.373 e. The zero-order chi connectivity index (χ0) is 13.3. The standard InChI is InChI=1S/C12H11F3N2S/c1-7-9(3-4-18-7)10-5-8(12(13,14)15)6-11(16-2)17-10/h3-6H,1-2H3,(H,16,17). The zero-order valence-corrected chi connectivity index (χ0v) is 10.6. The first kappa shape index (κ1) is 12.9. The summed E-state index contributed by atoms with van der Waals surface area (Å²) in [4.78, 5) is 5.11. The van der Waals surface area contributed by atoms with Gasteiger partial charge < -0.3 is 5.32 Å². The minimum absolute atomic E-state index is 0.213. The topological polar surface area (TPSA) is 24.9 Å². The highest BCUT2D eigenvalue weighted by atomic mass is 32.1. The molecular weight excluding hydrogens is 261 g/mol. The number of thiophene rings is 1. The van der Waals surface area contributed by atoms with Gasteiger partial charge in [-0.05, 0) is 30.5 Å². The van der Waals surface area contributed by atoms with Crippen molar-refractivity contribution in [2.45, 2.75) is 13.1 Å². The number of alkyl halides is 3. The normalized spacial score (nSPS) is 11.6. The molecule has 0 atom stereocenters. The summed E-state index contributed by atoms with van der Waals surface area (Å²) in [5.41, 5.74) is 0.387. The van der Waals surface area contributed by atoms with Crippen molar-refractivity contribution in [3.8, 4) is 11.3 Å². The van der Waals surface area contributed by atoms with Gasteiger partial charge in [0.25, 0.3) is 0 Å². The predicted molar refractivity (Wildman–Crippen MR) is 66.8 cm³/mol. The van der Waals surface area contributed by atoms with Crippen molar-refractivity contribution in [1.29, 1.82) is 0 Å². The molecule has 2 nitrogen and oxygen atoms in total. The van der Waals surface area contributed by atoms with E-state index in [1.807, 2.05) is 12.3 Å². The summed E-state index contributed by atoms with van der Waals surface area (Å²) in [5.74, 6) is 0.213. The molecule has 0 radical (unpaired) electrons. The van der Waals surface area contributed by atoms with E-state index in [1.54, 1.807) is 13.1 Å². The van der Waals surface area contributed by atoms with Gasteiger partial charge in [-0.3, -0.25) is 0 Å². The average molecular weight is 272 g/mol. The molecule has 0 spiro atoms. The van der Waals surface area contributed by atoms with Gasteiger partial charge in [0.1, 0.15) is 5.82 Å². The van der Waals surface area contributed by atoms with Crippen LogP contribution in [-0.4, -0.2) is 12.0 Å². The van der Waals surface area contributed by atoms with Crippen LogP contribution in [0, 0.1) is 6.92 Å². The number of anilines is 1. The number of hydrogen-bond acceptors (Lipinski definition) is 3. The van der Waals surface area contributed by atoms with Crippen LogP contribution in [0.15, 0.2) is 23.6 Å². The third kappa shape index (κ3) is 2.48. The van der Waals surface area contributed by atoms with Crippen molar-refractivity contribution < 1.29 is 13.2 Å². The number of hydrogen-bond donors (Lipinski definition) is 1. The Morgan fingerprint density at radius 3 is 2.50 bits per heavy atom. The number of nitrogens with one attached hydrogen (secondary N) is 1. The molecule has 0 bridgehead atoms. The molecule has 96 valence electrons. The molecule has 0 unspecified atom stereocenters. The van der Waals surface area contributed by atoms with Crippen molar-refractivity contribution in [3.63, 3.8) is 0 Å². The third-order valence-corrected chi connectivity index (χ3v) is 3.39. The summed E-state index contributed by atoms with van der Waals surface area (Å²) in [6.07, 6.45) is -4.37. The highest BCUT2D eigenvalue weighted by Gasteiger charge is 2.31. The number of pyridine rings is 1. The van der Waals surface area contributed by atoms with Crippen molar-refractivity contribution >= 4 is 17.2 Å². The fourth-order valence-corrected chi connectivity index (χ4v) is 2.32. The molecule has 0 saturated carbocycles. The van der Waals surface area contributed by atoms with Crippen LogP contribution in [0.1, 0.15) is 10.4 Å². The molecule has 0 aromatic carbocycles. The number of nitrogens with zero attached hydrogens (tertiary/aromatic N) is 1. The Kier molecular flexibility index (Phi) is 3.30. The first-order chi connectivity index (χ1) is 8.41. The van der Waals surface area contributed by atoms with E-state index in [9.17, 15) is 13.2 Å². The van der Waals surface area contributed by atoms with Gasteiger partial charge in [-0.2, -0.15) is 13.2 Å². The molecule has 0 aliphatic heterocycles. The predicted octanol–water partition coefficient (Wildman–Crippen LogP) is 4.18.